The molecule has 0 atom stereocenters. The van der Waals surface area contributed by atoms with Crippen molar-refractivity contribution in [3.8, 4) is 34.0 Å². The molecule has 46 heavy (non-hydrogen) atoms. The Morgan fingerprint density at radius 3 is 2.11 bits per heavy atom. The van der Waals surface area contributed by atoms with Crippen molar-refractivity contribution in [2.75, 3.05) is 4.90 Å². The van der Waals surface area contributed by atoms with Crippen LogP contribution in [0, 0.1) is 17.9 Å². The van der Waals surface area contributed by atoms with E-state index in [2.05, 4.69) is 10.9 Å². The Bertz CT molecular complexity index is 2480. The second-order valence-corrected chi connectivity index (χ2v) is 11.1. The number of hydrogen-bond donors (Lipinski definition) is 0. The molecule has 0 unspecified atom stereocenters. The third-order valence-electron chi connectivity index (χ3n) is 8.60. The van der Waals surface area contributed by atoms with E-state index in [1.165, 1.54) is 4.90 Å². The fourth-order valence-corrected chi connectivity index (χ4v) is 6.47. The summed E-state index contributed by atoms with van der Waals surface area (Å²) in [6, 6.07) is 44.1. The number of nitriles is 1. The van der Waals surface area contributed by atoms with E-state index in [4.69, 9.17) is 6.57 Å². The third-order valence-corrected chi connectivity index (χ3v) is 8.60. The first-order chi connectivity index (χ1) is 22.6. The van der Waals surface area contributed by atoms with E-state index in [0.29, 0.717) is 33.8 Å². The average molecular weight is 591 g/mol. The topological polar surface area (TPSA) is 70.5 Å². The zero-order valence-corrected chi connectivity index (χ0v) is 24.3. The van der Waals surface area contributed by atoms with Gasteiger partial charge in [0.15, 0.2) is 5.69 Å². The lowest BCUT2D eigenvalue weighted by atomic mass is 9.98. The highest BCUT2D eigenvalue weighted by atomic mass is 16.2. The summed E-state index contributed by atoms with van der Waals surface area (Å²) >= 11 is 0. The van der Waals surface area contributed by atoms with Crippen molar-refractivity contribution >= 4 is 45.0 Å². The Hall–Kier alpha value is -6.76. The predicted molar refractivity (Wildman–Crippen MR) is 180 cm³/mol. The van der Waals surface area contributed by atoms with Crippen molar-refractivity contribution in [2.45, 2.75) is 0 Å². The molecule has 0 N–H and O–H groups in total. The van der Waals surface area contributed by atoms with Gasteiger partial charge >= 0.3 is 0 Å². The lowest BCUT2D eigenvalue weighted by Crippen LogP contribution is -2.29. The summed E-state index contributed by atoms with van der Waals surface area (Å²) in [6.07, 6.45) is 0. The van der Waals surface area contributed by atoms with Gasteiger partial charge in [-0.25, -0.2) is 9.74 Å². The molecule has 6 heteroatoms. The summed E-state index contributed by atoms with van der Waals surface area (Å²) in [7, 11) is 0. The van der Waals surface area contributed by atoms with Crippen LogP contribution < -0.4 is 4.90 Å². The molecule has 0 saturated carbocycles. The number of amides is 2. The Labute approximate surface area is 264 Å². The smallest absolute Gasteiger partial charge is 0.268 e. The number of imide groups is 1. The zero-order chi connectivity index (χ0) is 31.4. The summed E-state index contributed by atoms with van der Waals surface area (Å²) in [5.41, 5.74) is 8.07. The average Bonchev–Trinajstić information content (AvgIpc) is 3.58. The molecule has 6 nitrogen and oxygen atoms in total. The molecule has 6 aromatic carbocycles. The van der Waals surface area contributed by atoms with Crippen LogP contribution in [0.2, 0.25) is 0 Å². The molecule has 8 rings (SSSR count). The first-order valence-electron chi connectivity index (χ1n) is 14.7. The lowest BCUT2D eigenvalue weighted by molar-refractivity contribution is 0.0926. The van der Waals surface area contributed by atoms with E-state index >= 15 is 0 Å². The minimum Gasteiger partial charge on any atom is -0.308 e. The van der Waals surface area contributed by atoms with Crippen LogP contribution in [-0.4, -0.2) is 16.4 Å². The Morgan fingerprint density at radius 2 is 1.33 bits per heavy atom. The van der Waals surface area contributed by atoms with Crippen molar-refractivity contribution in [2.24, 2.45) is 0 Å². The Balaban J connectivity index is 1.26. The van der Waals surface area contributed by atoms with E-state index in [-0.39, 0.29) is 11.8 Å². The first-order valence-corrected chi connectivity index (χ1v) is 14.7. The summed E-state index contributed by atoms with van der Waals surface area (Å²) < 4.78 is 2.04. The number of para-hydroxylation sites is 1. The predicted octanol–water partition coefficient (Wildman–Crippen LogP) is 9.34. The van der Waals surface area contributed by atoms with Crippen LogP contribution in [0.4, 0.5) is 11.4 Å². The highest BCUT2D eigenvalue weighted by molar-refractivity contribution is 6.35. The molecule has 0 radical (unpaired) electrons. The molecule has 1 aromatic heterocycles. The summed E-state index contributed by atoms with van der Waals surface area (Å²) in [5, 5.41) is 11.7. The number of hydrogen-bond acceptors (Lipinski definition) is 3. The molecule has 0 spiro atoms. The Kier molecular flexibility index (Phi) is 6.10. The van der Waals surface area contributed by atoms with Gasteiger partial charge < -0.3 is 4.57 Å². The fourth-order valence-electron chi connectivity index (χ4n) is 6.47. The molecular weight excluding hydrogens is 568 g/mol. The number of aromatic nitrogens is 1. The molecule has 2 amide bonds. The number of nitrogens with zero attached hydrogens (tertiary/aromatic N) is 4. The maximum absolute atomic E-state index is 14.2. The van der Waals surface area contributed by atoms with Gasteiger partial charge in [-0.1, -0.05) is 84.9 Å². The Morgan fingerprint density at radius 1 is 0.609 bits per heavy atom. The molecule has 0 saturated heterocycles. The fraction of sp³-hybridized carbons (Fsp3) is 0. The van der Waals surface area contributed by atoms with Crippen LogP contribution >= 0.6 is 0 Å². The highest BCUT2D eigenvalue weighted by Crippen LogP contribution is 2.39. The van der Waals surface area contributed by atoms with Gasteiger partial charge in [0, 0.05) is 16.3 Å². The van der Waals surface area contributed by atoms with E-state index in [1.54, 1.807) is 18.2 Å². The van der Waals surface area contributed by atoms with Crippen LogP contribution in [0.25, 0.3) is 54.6 Å². The zero-order valence-electron chi connectivity index (χ0n) is 24.3. The largest absolute Gasteiger partial charge is 0.308 e. The number of fused-ring (bicyclic) bond motifs is 4. The van der Waals surface area contributed by atoms with Crippen molar-refractivity contribution in [1.82, 2.24) is 4.57 Å². The van der Waals surface area contributed by atoms with Gasteiger partial charge in [0.05, 0.1) is 46.2 Å². The monoisotopic (exact) mass is 590 g/mol. The number of carbonyl (C=O) groups excluding carboxylic acids is 2. The van der Waals surface area contributed by atoms with Gasteiger partial charge in [-0.05, 0) is 70.8 Å². The van der Waals surface area contributed by atoms with Gasteiger partial charge in [0.2, 0.25) is 0 Å². The highest BCUT2D eigenvalue weighted by Gasteiger charge is 2.39. The maximum atomic E-state index is 14.2. The van der Waals surface area contributed by atoms with Gasteiger partial charge in [-0.2, -0.15) is 5.26 Å². The molecular formula is C40H22N4O2. The molecule has 0 fully saturated rings. The van der Waals surface area contributed by atoms with E-state index in [9.17, 15) is 14.9 Å². The number of carbonyl (C=O) groups is 2. The van der Waals surface area contributed by atoms with E-state index in [1.807, 2.05) is 120 Å². The number of benzene rings is 6. The van der Waals surface area contributed by atoms with Crippen LogP contribution in [0.15, 0.2) is 133 Å². The van der Waals surface area contributed by atoms with Crippen LogP contribution in [0.5, 0.6) is 0 Å². The second kappa shape index (κ2) is 10.4. The van der Waals surface area contributed by atoms with Crippen LogP contribution in [0.3, 0.4) is 0 Å². The lowest BCUT2D eigenvalue weighted by Gasteiger charge is -2.15. The van der Waals surface area contributed by atoms with Crippen molar-refractivity contribution in [1.29, 1.82) is 5.26 Å². The minimum atomic E-state index is -0.371. The molecule has 1 aliphatic heterocycles. The summed E-state index contributed by atoms with van der Waals surface area (Å²) in [4.78, 5) is 32.6. The quantitative estimate of drug-likeness (QED) is 0.151. The normalized spacial score (nSPS) is 12.3. The van der Waals surface area contributed by atoms with Crippen molar-refractivity contribution in [3.63, 3.8) is 0 Å². The van der Waals surface area contributed by atoms with Gasteiger partial charge in [-0.15, -0.1) is 0 Å². The van der Waals surface area contributed by atoms with Gasteiger partial charge in [0.25, 0.3) is 11.8 Å². The van der Waals surface area contributed by atoms with Crippen molar-refractivity contribution < 1.29 is 9.59 Å². The molecule has 0 aliphatic carbocycles. The summed E-state index contributed by atoms with van der Waals surface area (Å²) in [6.45, 7) is 7.32. The maximum Gasteiger partial charge on any atom is 0.268 e. The summed E-state index contributed by atoms with van der Waals surface area (Å²) in [5.74, 6) is -0.728. The van der Waals surface area contributed by atoms with Crippen LogP contribution in [-0.2, 0) is 0 Å². The molecule has 214 valence electrons. The minimum absolute atomic E-state index is 0.355. The van der Waals surface area contributed by atoms with Crippen LogP contribution in [0.1, 0.15) is 26.3 Å². The first kappa shape index (κ1) is 26.8. The number of anilines is 1. The third kappa shape index (κ3) is 4.02. The van der Waals surface area contributed by atoms with E-state index in [0.717, 1.165) is 44.1 Å². The second-order valence-electron chi connectivity index (χ2n) is 11.1. The molecule has 7 aromatic rings. The molecule has 0 bridgehead atoms. The standard InChI is InChI=1S/C40H22N4O2/c1-42-29-17-20-31(28(22-29)24-41)27-16-21-36-34(23-27)32-10-5-6-12-35(32)44(36)37-13-7-11-33-38(37)40(46)43(39(33)45)30-18-14-26(15-19-30)25-8-3-2-4-9-25/h2-23H. The molecule has 2 heterocycles. The SMILES string of the molecule is [C-]#[N+]c1ccc(-c2ccc3c(c2)c2ccccc2n3-c2cccc3c2C(=O)N(c2ccc(-c4ccccc4)cc2)C3=O)c(C#N)c1. The van der Waals surface area contributed by atoms with Gasteiger partial charge in [0.1, 0.15) is 0 Å². The number of rotatable bonds is 4. The van der Waals surface area contributed by atoms with Gasteiger partial charge in [-0.3, -0.25) is 9.59 Å². The van der Waals surface area contributed by atoms with Crippen molar-refractivity contribution in [3.05, 3.63) is 162 Å². The molecule has 1 aliphatic rings. The van der Waals surface area contributed by atoms with E-state index < -0.39 is 0 Å².